The Hall–Kier alpha value is -3.11. The molecule has 0 N–H and O–H groups in total. The van der Waals surface area contributed by atoms with Crippen LogP contribution in [0.1, 0.15) is 35.8 Å². The first-order valence-electron chi connectivity index (χ1n) is 11.2. The van der Waals surface area contributed by atoms with Crippen molar-refractivity contribution in [2.24, 2.45) is 0 Å². The number of ether oxygens (including phenoxy) is 2. The molecule has 4 heterocycles. The predicted molar refractivity (Wildman–Crippen MR) is 129 cm³/mol. The zero-order valence-corrected chi connectivity index (χ0v) is 19.9. The lowest BCUT2D eigenvalue weighted by atomic mass is 9.97. The molecule has 0 unspecified atom stereocenters. The van der Waals surface area contributed by atoms with Crippen LogP contribution in [0.5, 0.6) is 11.5 Å². The fourth-order valence-electron chi connectivity index (χ4n) is 4.21. The second-order valence-electron chi connectivity index (χ2n) is 8.23. The van der Waals surface area contributed by atoms with E-state index in [2.05, 4.69) is 22.3 Å². The van der Waals surface area contributed by atoms with E-state index in [1.54, 1.807) is 11.3 Å². The van der Waals surface area contributed by atoms with Gasteiger partial charge in [0, 0.05) is 19.0 Å². The van der Waals surface area contributed by atoms with Crippen LogP contribution in [-0.4, -0.2) is 51.4 Å². The highest BCUT2D eigenvalue weighted by Crippen LogP contribution is 2.36. The number of likely N-dealkylation sites (tertiary alicyclic amines) is 1. The van der Waals surface area contributed by atoms with Crippen molar-refractivity contribution in [1.29, 1.82) is 0 Å². The number of amides is 1. The van der Waals surface area contributed by atoms with E-state index in [1.165, 1.54) is 21.5 Å². The maximum Gasteiger partial charge on any atom is 0.277 e. The molecule has 1 saturated heterocycles. The van der Waals surface area contributed by atoms with Gasteiger partial charge in [-0.15, -0.1) is 21.5 Å². The maximum atomic E-state index is 12.8. The van der Waals surface area contributed by atoms with Gasteiger partial charge in [-0.3, -0.25) is 4.79 Å². The minimum absolute atomic E-state index is 0.0821. The van der Waals surface area contributed by atoms with Crippen molar-refractivity contribution in [3.05, 3.63) is 59.4 Å². The summed E-state index contributed by atoms with van der Waals surface area (Å²) in [6, 6.07) is 15.7. The molecule has 0 spiro atoms. The highest BCUT2D eigenvalue weighted by Gasteiger charge is 2.29. The molecule has 34 heavy (non-hydrogen) atoms. The molecule has 0 aliphatic carbocycles. The first-order chi connectivity index (χ1) is 16.7. The summed E-state index contributed by atoms with van der Waals surface area (Å²) in [6.45, 7) is 1.77. The number of aromatic nitrogens is 3. The number of carbonyl (C=O) groups excluding carboxylic acids is 1. The molecule has 0 radical (unpaired) electrons. The van der Waals surface area contributed by atoms with Crippen molar-refractivity contribution in [2.45, 2.75) is 30.1 Å². The first-order valence-corrected chi connectivity index (χ1v) is 13.0. The van der Waals surface area contributed by atoms with Crippen LogP contribution in [0.25, 0.3) is 10.2 Å². The third-order valence-corrected chi connectivity index (χ3v) is 8.03. The lowest BCUT2D eigenvalue weighted by Gasteiger charge is -2.31. The molecule has 6 rings (SSSR count). The first kappa shape index (κ1) is 21.4. The number of para-hydroxylation sites is 3. The summed E-state index contributed by atoms with van der Waals surface area (Å²) in [5, 5.41) is 9.70. The molecule has 0 bridgehead atoms. The van der Waals surface area contributed by atoms with E-state index in [-0.39, 0.29) is 11.7 Å². The Morgan fingerprint density at radius 3 is 2.71 bits per heavy atom. The van der Waals surface area contributed by atoms with Crippen molar-refractivity contribution >= 4 is 39.2 Å². The second-order valence-corrected chi connectivity index (χ2v) is 10.2. The smallest absolute Gasteiger partial charge is 0.277 e. The normalized spacial score (nSPS) is 18.4. The number of piperidine rings is 1. The standard InChI is InChI=1S/C24H22N4O4S2/c29-21(28-11-9-15(10-12-28)23-25-16-5-1-4-8-20(16)34-23)14-33-24-27-26-22(32-24)19-13-30-17-6-2-3-7-18(17)31-19/h1-8,15,19H,9-14H2/t19-/m1/s1. The largest absolute Gasteiger partial charge is 0.485 e. The molecule has 1 fully saturated rings. The highest BCUT2D eigenvalue weighted by molar-refractivity contribution is 7.99. The second kappa shape index (κ2) is 9.27. The van der Waals surface area contributed by atoms with Gasteiger partial charge in [0.05, 0.1) is 21.0 Å². The van der Waals surface area contributed by atoms with Gasteiger partial charge in [-0.2, -0.15) is 0 Å². The third kappa shape index (κ3) is 4.35. The van der Waals surface area contributed by atoms with E-state index in [0.29, 0.717) is 35.1 Å². The van der Waals surface area contributed by atoms with Gasteiger partial charge in [0.15, 0.2) is 11.5 Å². The van der Waals surface area contributed by atoms with Gasteiger partial charge in [0.1, 0.15) is 6.61 Å². The van der Waals surface area contributed by atoms with Crippen LogP contribution >= 0.6 is 23.1 Å². The summed E-state index contributed by atoms with van der Waals surface area (Å²) in [4.78, 5) is 19.5. The quantitative estimate of drug-likeness (QED) is 0.369. The van der Waals surface area contributed by atoms with Crippen molar-refractivity contribution in [3.63, 3.8) is 0 Å². The number of hydrogen-bond acceptors (Lipinski definition) is 9. The monoisotopic (exact) mass is 494 g/mol. The molecular formula is C24H22N4O4S2. The number of hydrogen-bond donors (Lipinski definition) is 0. The van der Waals surface area contributed by atoms with E-state index in [0.717, 1.165) is 31.4 Å². The summed E-state index contributed by atoms with van der Waals surface area (Å²) in [6.07, 6.45) is 1.40. The summed E-state index contributed by atoms with van der Waals surface area (Å²) in [5.41, 5.74) is 1.06. The molecule has 2 aliphatic heterocycles. The number of fused-ring (bicyclic) bond motifs is 2. The molecule has 4 aromatic rings. The Balaban J connectivity index is 1.01. The average molecular weight is 495 g/mol. The topological polar surface area (TPSA) is 90.6 Å². The van der Waals surface area contributed by atoms with Crippen molar-refractivity contribution in [1.82, 2.24) is 20.1 Å². The highest BCUT2D eigenvalue weighted by atomic mass is 32.2. The Kier molecular flexibility index (Phi) is 5.84. The maximum absolute atomic E-state index is 12.8. The molecule has 1 amide bonds. The molecular weight excluding hydrogens is 472 g/mol. The molecule has 2 aromatic carbocycles. The van der Waals surface area contributed by atoms with E-state index in [4.69, 9.17) is 18.9 Å². The van der Waals surface area contributed by atoms with Gasteiger partial charge in [0.25, 0.3) is 11.1 Å². The fourth-order valence-corrected chi connectivity index (χ4v) is 6.01. The van der Waals surface area contributed by atoms with E-state index in [1.807, 2.05) is 41.3 Å². The molecule has 0 saturated carbocycles. The zero-order valence-electron chi connectivity index (χ0n) is 18.3. The number of thiazole rings is 1. The van der Waals surface area contributed by atoms with Crippen LogP contribution in [0, 0.1) is 0 Å². The molecule has 8 nitrogen and oxygen atoms in total. The van der Waals surface area contributed by atoms with E-state index >= 15 is 0 Å². The Morgan fingerprint density at radius 1 is 1.06 bits per heavy atom. The molecule has 10 heteroatoms. The summed E-state index contributed by atoms with van der Waals surface area (Å²) in [7, 11) is 0. The van der Waals surface area contributed by atoms with Gasteiger partial charge in [-0.25, -0.2) is 4.98 Å². The lowest BCUT2D eigenvalue weighted by Crippen LogP contribution is -2.38. The summed E-state index contributed by atoms with van der Waals surface area (Å²) >= 11 is 3.02. The SMILES string of the molecule is O=C(CSc1nnc([C@H]2COc3ccccc3O2)o1)N1CCC(c2nc3ccccc3s2)CC1. The Morgan fingerprint density at radius 2 is 1.85 bits per heavy atom. The van der Waals surface area contributed by atoms with Gasteiger partial charge in [0.2, 0.25) is 12.0 Å². The number of rotatable bonds is 5. The predicted octanol–water partition coefficient (Wildman–Crippen LogP) is 4.69. The molecule has 2 aromatic heterocycles. The third-order valence-electron chi connectivity index (χ3n) is 6.03. The van der Waals surface area contributed by atoms with Crippen LogP contribution in [0.4, 0.5) is 0 Å². The van der Waals surface area contributed by atoms with Gasteiger partial charge in [-0.1, -0.05) is 36.0 Å². The summed E-state index contributed by atoms with van der Waals surface area (Å²) < 4.78 is 18.6. The van der Waals surface area contributed by atoms with Crippen LogP contribution in [0.2, 0.25) is 0 Å². The van der Waals surface area contributed by atoms with Crippen LogP contribution < -0.4 is 9.47 Å². The fraction of sp³-hybridized carbons (Fsp3) is 0.333. The van der Waals surface area contributed by atoms with Gasteiger partial charge in [-0.05, 0) is 37.1 Å². The lowest BCUT2D eigenvalue weighted by molar-refractivity contribution is -0.129. The van der Waals surface area contributed by atoms with E-state index < -0.39 is 6.10 Å². The van der Waals surface area contributed by atoms with Crippen molar-refractivity contribution in [2.75, 3.05) is 25.4 Å². The van der Waals surface area contributed by atoms with Crippen LogP contribution in [0.3, 0.4) is 0 Å². The Bertz CT molecular complexity index is 1280. The van der Waals surface area contributed by atoms with Crippen LogP contribution in [0.15, 0.2) is 58.2 Å². The minimum Gasteiger partial charge on any atom is -0.485 e. The average Bonchev–Trinajstić information content (AvgIpc) is 3.54. The van der Waals surface area contributed by atoms with Crippen LogP contribution in [-0.2, 0) is 4.79 Å². The number of thioether (sulfide) groups is 1. The molecule has 1 atom stereocenters. The number of benzene rings is 2. The van der Waals surface area contributed by atoms with Crippen molar-refractivity contribution in [3.8, 4) is 11.5 Å². The molecule has 174 valence electrons. The van der Waals surface area contributed by atoms with E-state index in [9.17, 15) is 4.79 Å². The van der Waals surface area contributed by atoms with Gasteiger partial charge < -0.3 is 18.8 Å². The van der Waals surface area contributed by atoms with Crippen molar-refractivity contribution < 1.29 is 18.7 Å². The number of nitrogens with zero attached hydrogens (tertiary/aromatic N) is 4. The Labute approximate surface area is 204 Å². The number of carbonyl (C=O) groups is 1. The van der Waals surface area contributed by atoms with Gasteiger partial charge >= 0.3 is 0 Å². The minimum atomic E-state index is -0.464. The summed E-state index contributed by atoms with van der Waals surface area (Å²) in [5.74, 6) is 2.45. The zero-order chi connectivity index (χ0) is 22.9. The molecule has 2 aliphatic rings.